The quantitative estimate of drug-likeness (QED) is 0.608. The van der Waals surface area contributed by atoms with Crippen molar-refractivity contribution in [3.8, 4) is 0 Å². The van der Waals surface area contributed by atoms with Crippen molar-refractivity contribution < 1.29 is 8.42 Å². The van der Waals surface area contributed by atoms with Gasteiger partial charge in [-0.15, -0.1) is 0 Å². The first-order valence-corrected chi connectivity index (χ1v) is 10.5. The van der Waals surface area contributed by atoms with Crippen LogP contribution in [0.25, 0.3) is 0 Å². The van der Waals surface area contributed by atoms with E-state index in [0.717, 1.165) is 37.9 Å². The van der Waals surface area contributed by atoms with E-state index in [-0.39, 0.29) is 0 Å². The summed E-state index contributed by atoms with van der Waals surface area (Å²) in [7, 11) is -3.21. The van der Waals surface area contributed by atoms with Gasteiger partial charge in [0, 0.05) is 18.8 Å². The van der Waals surface area contributed by atoms with Crippen molar-refractivity contribution in [1.82, 2.24) is 4.72 Å². The predicted octanol–water partition coefficient (Wildman–Crippen LogP) is 4.50. The van der Waals surface area contributed by atoms with Crippen LogP contribution in [0.4, 0.5) is 5.69 Å². The molecule has 1 rings (SSSR count). The van der Waals surface area contributed by atoms with Gasteiger partial charge >= 0.3 is 0 Å². The van der Waals surface area contributed by atoms with Gasteiger partial charge in [0.25, 0.3) is 0 Å². The van der Waals surface area contributed by atoms with Crippen LogP contribution in [-0.4, -0.2) is 26.3 Å². The molecule has 24 heavy (non-hydrogen) atoms. The first kappa shape index (κ1) is 21.0. The van der Waals surface area contributed by atoms with Gasteiger partial charge in [-0.25, -0.2) is 13.1 Å². The molecule has 0 aliphatic heterocycles. The highest BCUT2D eigenvalue weighted by Crippen LogP contribution is 2.20. The maximum atomic E-state index is 11.9. The van der Waals surface area contributed by atoms with E-state index in [9.17, 15) is 8.42 Å². The van der Waals surface area contributed by atoms with Gasteiger partial charge in [0.15, 0.2) is 0 Å². The lowest BCUT2D eigenvalue weighted by molar-refractivity contribution is 0.540. The standard InChI is InChI=1S/C19H34N2O2S/c1-6-16(2)17-10-12-18(13-11-17)20-14-8-7-9-15-21-24(22,23)19(3,4)5/h10-13,16,20-21H,6-9,14-15H2,1-5H3. The van der Waals surface area contributed by atoms with E-state index in [2.05, 4.69) is 48.2 Å². The molecule has 0 saturated heterocycles. The normalized spacial score (nSPS) is 13.7. The minimum Gasteiger partial charge on any atom is -0.385 e. The molecule has 1 atom stereocenters. The fourth-order valence-corrected chi connectivity index (χ4v) is 3.09. The van der Waals surface area contributed by atoms with Crippen molar-refractivity contribution in [2.75, 3.05) is 18.4 Å². The molecule has 2 N–H and O–H groups in total. The number of nitrogens with one attached hydrogen (secondary N) is 2. The van der Waals surface area contributed by atoms with Crippen LogP contribution in [0, 0.1) is 0 Å². The van der Waals surface area contributed by atoms with Crippen molar-refractivity contribution >= 4 is 15.7 Å². The Kier molecular flexibility index (Phi) is 8.23. The summed E-state index contributed by atoms with van der Waals surface area (Å²) in [6, 6.07) is 8.66. The van der Waals surface area contributed by atoms with Crippen LogP contribution in [-0.2, 0) is 10.0 Å². The monoisotopic (exact) mass is 354 g/mol. The van der Waals surface area contributed by atoms with E-state index in [4.69, 9.17) is 0 Å². The van der Waals surface area contributed by atoms with Crippen LogP contribution < -0.4 is 10.0 Å². The lowest BCUT2D eigenvalue weighted by Crippen LogP contribution is -2.39. The second-order valence-electron chi connectivity index (χ2n) is 7.43. The van der Waals surface area contributed by atoms with E-state index in [1.54, 1.807) is 20.8 Å². The molecule has 0 radical (unpaired) electrons. The van der Waals surface area contributed by atoms with Crippen molar-refractivity contribution in [3.63, 3.8) is 0 Å². The third kappa shape index (κ3) is 6.81. The Balaban J connectivity index is 2.19. The molecule has 0 amide bonds. The van der Waals surface area contributed by atoms with Gasteiger partial charge < -0.3 is 5.32 Å². The molecule has 0 aliphatic carbocycles. The first-order valence-electron chi connectivity index (χ1n) is 9.00. The van der Waals surface area contributed by atoms with Crippen LogP contribution in [0.2, 0.25) is 0 Å². The van der Waals surface area contributed by atoms with Crippen LogP contribution >= 0.6 is 0 Å². The van der Waals surface area contributed by atoms with Crippen molar-refractivity contribution in [2.24, 2.45) is 0 Å². The smallest absolute Gasteiger partial charge is 0.216 e. The number of anilines is 1. The minimum absolute atomic E-state index is 0.517. The summed E-state index contributed by atoms with van der Waals surface area (Å²) in [6.45, 7) is 11.0. The molecule has 0 spiro atoms. The fourth-order valence-electron chi connectivity index (χ4n) is 2.25. The molecule has 0 saturated carbocycles. The Morgan fingerprint density at radius 1 is 1.00 bits per heavy atom. The third-order valence-electron chi connectivity index (χ3n) is 4.37. The molecule has 4 nitrogen and oxygen atoms in total. The Bertz CT molecular complexity index is 574. The zero-order valence-electron chi connectivity index (χ0n) is 15.9. The van der Waals surface area contributed by atoms with E-state index < -0.39 is 14.8 Å². The molecule has 0 aliphatic rings. The van der Waals surface area contributed by atoms with Gasteiger partial charge in [-0.05, 0) is 63.6 Å². The highest BCUT2D eigenvalue weighted by atomic mass is 32.2. The van der Waals surface area contributed by atoms with Gasteiger partial charge in [-0.3, -0.25) is 0 Å². The number of hydrogen-bond acceptors (Lipinski definition) is 3. The molecule has 0 heterocycles. The molecule has 0 fully saturated rings. The van der Waals surface area contributed by atoms with Gasteiger partial charge in [0.05, 0.1) is 4.75 Å². The van der Waals surface area contributed by atoms with Gasteiger partial charge in [-0.1, -0.05) is 32.4 Å². The molecular weight excluding hydrogens is 320 g/mol. The number of benzene rings is 1. The maximum Gasteiger partial charge on any atom is 0.216 e. The summed E-state index contributed by atoms with van der Waals surface area (Å²) in [5.41, 5.74) is 2.53. The lowest BCUT2D eigenvalue weighted by atomic mass is 9.99. The molecule has 5 heteroatoms. The topological polar surface area (TPSA) is 58.2 Å². The highest BCUT2D eigenvalue weighted by molar-refractivity contribution is 7.90. The van der Waals surface area contributed by atoms with Gasteiger partial charge in [0.2, 0.25) is 10.0 Å². The first-order chi connectivity index (χ1) is 11.2. The molecule has 0 aromatic heterocycles. The van der Waals surface area contributed by atoms with Gasteiger partial charge in [-0.2, -0.15) is 0 Å². The predicted molar refractivity (Wildman–Crippen MR) is 104 cm³/mol. The summed E-state index contributed by atoms with van der Waals surface area (Å²) in [5.74, 6) is 0.607. The molecule has 138 valence electrons. The summed E-state index contributed by atoms with van der Waals surface area (Å²) in [5, 5.41) is 3.42. The third-order valence-corrected chi connectivity index (χ3v) is 6.57. The van der Waals surface area contributed by atoms with E-state index in [1.165, 1.54) is 5.56 Å². The van der Waals surface area contributed by atoms with E-state index in [0.29, 0.717) is 12.5 Å². The summed E-state index contributed by atoms with van der Waals surface area (Å²) in [4.78, 5) is 0. The van der Waals surface area contributed by atoms with Crippen LogP contribution in [0.1, 0.15) is 71.8 Å². The van der Waals surface area contributed by atoms with Crippen LogP contribution in [0.3, 0.4) is 0 Å². The van der Waals surface area contributed by atoms with E-state index in [1.807, 2.05) is 0 Å². The Hall–Kier alpha value is -1.07. The molecule has 0 bridgehead atoms. The van der Waals surface area contributed by atoms with Crippen LogP contribution in [0.15, 0.2) is 24.3 Å². The van der Waals surface area contributed by atoms with Crippen LogP contribution in [0.5, 0.6) is 0 Å². The number of hydrogen-bond donors (Lipinski definition) is 2. The summed E-state index contributed by atoms with van der Waals surface area (Å²) >= 11 is 0. The van der Waals surface area contributed by atoms with Crippen molar-refractivity contribution in [3.05, 3.63) is 29.8 Å². The highest BCUT2D eigenvalue weighted by Gasteiger charge is 2.27. The summed E-state index contributed by atoms with van der Waals surface area (Å²) in [6.07, 6.45) is 4.06. The Morgan fingerprint density at radius 3 is 2.12 bits per heavy atom. The summed E-state index contributed by atoms with van der Waals surface area (Å²) < 4.78 is 25.7. The Morgan fingerprint density at radius 2 is 1.58 bits per heavy atom. The average molecular weight is 355 g/mol. The Labute approximate surface area is 148 Å². The molecule has 1 aromatic carbocycles. The van der Waals surface area contributed by atoms with E-state index >= 15 is 0 Å². The largest absolute Gasteiger partial charge is 0.385 e. The zero-order chi connectivity index (χ0) is 18.2. The van der Waals surface area contributed by atoms with Crippen molar-refractivity contribution in [1.29, 1.82) is 0 Å². The minimum atomic E-state index is -3.21. The number of rotatable bonds is 10. The second kappa shape index (κ2) is 9.42. The van der Waals surface area contributed by atoms with Crippen molar-refractivity contribution in [2.45, 2.75) is 71.0 Å². The molecule has 1 aromatic rings. The molecule has 1 unspecified atom stereocenters. The lowest BCUT2D eigenvalue weighted by Gasteiger charge is -2.19. The maximum absolute atomic E-state index is 11.9. The SMILES string of the molecule is CCC(C)c1ccc(NCCCCCNS(=O)(=O)C(C)(C)C)cc1. The second-order valence-corrected chi connectivity index (χ2v) is 9.95. The zero-order valence-corrected chi connectivity index (χ0v) is 16.7. The average Bonchev–Trinajstić information content (AvgIpc) is 2.52. The number of unbranched alkanes of at least 4 members (excludes halogenated alkanes) is 2. The number of sulfonamides is 1. The van der Waals surface area contributed by atoms with Gasteiger partial charge in [0.1, 0.15) is 0 Å². The molecular formula is C19H34N2O2S. The fraction of sp³-hybridized carbons (Fsp3) is 0.684.